The van der Waals surface area contributed by atoms with Crippen molar-refractivity contribution in [3.63, 3.8) is 0 Å². The van der Waals surface area contributed by atoms with Gasteiger partial charge in [0, 0.05) is 37.2 Å². The highest BCUT2D eigenvalue weighted by molar-refractivity contribution is 7.91. The number of ether oxygens (including phenoxy) is 2. The minimum atomic E-state index is -3.05. The summed E-state index contributed by atoms with van der Waals surface area (Å²) in [7, 11) is 1.93. The summed E-state index contributed by atoms with van der Waals surface area (Å²) in [6.45, 7) is 0.780. The van der Waals surface area contributed by atoms with Gasteiger partial charge < -0.3 is 19.7 Å². The van der Waals surface area contributed by atoms with Crippen molar-refractivity contribution < 1.29 is 22.7 Å². The van der Waals surface area contributed by atoms with Crippen LogP contribution in [0.4, 0.5) is 0 Å². The molecule has 1 unspecified atom stereocenters. The van der Waals surface area contributed by atoms with Crippen LogP contribution in [-0.4, -0.2) is 64.6 Å². The number of carbonyl (C=O) groups is 1. The third kappa shape index (κ3) is 4.85. The number of sulfone groups is 1. The fourth-order valence-corrected chi connectivity index (χ4v) is 4.35. The van der Waals surface area contributed by atoms with Crippen LogP contribution in [-0.2, 0) is 21.2 Å². The quantitative estimate of drug-likeness (QED) is 0.796. The van der Waals surface area contributed by atoms with Gasteiger partial charge in [-0.15, -0.1) is 0 Å². The van der Waals surface area contributed by atoms with Crippen LogP contribution in [0.2, 0.25) is 0 Å². The summed E-state index contributed by atoms with van der Waals surface area (Å²) in [6, 6.07) is 5.10. The number of hydrogen-bond acceptors (Lipinski definition) is 6. The third-order valence-corrected chi connectivity index (χ3v) is 5.91. The standard InChI is InChI=1S/C16H24N2O5S/c1-18-6-7-24(20,21)11-13(18)8-16(19)17-10-12-4-5-14(22-2)9-15(12)23-3/h4-5,9,13H,6-8,10-11H2,1-3H3,(H,17,19). The summed E-state index contributed by atoms with van der Waals surface area (Å²) < 4.78 is 33.9. The summed E-state index contributed by atoms with van der Waals surface area (Å²) >= 11 is 0. The van der Waals surface area contributed by atoms with Gasteiger partial charge in [0.25, 0.3) is 0 Å². The van der Waals surface area contributed by atoms with Crippen LogP contribution in [0.15, 0.2) is 18.2 Å². The second kappa shape index (κ2) is 7.85. The number of amides is 1. The molecule has 7 nitrogen and oxygen atoms in total. The van der Waals surface area contributed by atoms with Gasteiger partial charge in [-0.05, 0) is 19.2 Å². The average Bonchev–Trinajstić information content (AvgIpc) is 2.56. The molecule has 0 aliphatic carbocycles. The average molecular weight is 356 g/mol. The Morgan fingerprint density at radius 2 is 2.08 bits per heavy atom. The molecule has 0 spiro atoms. The van der Waals surface area contributed by atoms with Crippen molar-refractivity contribution in [1.29, 1.82) is 0 Å². The van der Waals surface area contributed by atoms with Gasteiger partial charge in [-0.3, -0.25) is 4.79 Å². The molecule has 2 rings (SSSR count). The Balaban J connectivity index is 1.93. The van der Waals surface area contributed by atoms with E-state index < -0.39 is 9.84 Å². The maximum atomic E-state index is 12.2. The van der Waals surface area contributed by atoms with E-state index in [1.807, 2.05) is 18.0 Å². The Morgan fingerprint density at radius 1 is 1.33 bits per heavy atom. The molecular formula is C16H24N2O5S. The molecule has 1 atom stereocenters. The van der Waals surface area contributed by atoms with E-state index in [0.717, 1.165) is 5.56 Å². The molecule has 1 aliphatic rings. The van der Waals surface area contributed by atoms with E-state index in [9.17, 15) is 13.2 Å². The molecular weight excluding hydrogens is 332 g/mol. The van der Waals surface area contributed by atoms with Crippen molar-refractivity contribution in [3.05, 3.63) is 23.8 Å². The molecule has 1 amide bonds. The first kappa shape index (κ1) is 18.5. The number of nitrogens with one attached hydrogen (secondary N) is 1. The van der Waals surface area contributed by atoms with Crippen molar-refractivity contribution in [1.82, 2.24) is 10.2 Å². The number of hydrogen-bond donors (Lipinski definition) is 1. The maximum absolute atomic E-state index is 12.2. The maximum Gasteiger partial charge on any atom is 0.221 e. The Hall–Kier alpha value is -1.80. The van der Waals surface area contributed by atoms with Crippen molar-refractivity contribution in [2.24, 2.45) is 0 Å². The molecule has 1 aromatic carbocycles. The van der Waals surface area contributed by atoms with Crippen LogP contribution < -0.4 is 14.8 Å². The van der Waals surface area contributed by atoms with Gasteiger partial charge in [0.1, 0.15) is 11.5 Å². The summed E-state index contributed by atoms with van der Waals surface area (Å²) in [6.07, 6.45) is 0.161. The molecule has 0 saturated carbocycles. The summed E-state index contributed by atoms with van der Waals surface area (Å²) in [5, 5.41) is 2.83. The molecule has 0 bridgehead atoms. The summed E-state index contributed by atoms with van der Waals surface area (Å²) in [5.41, 5.74) is 0.830. The van der Waals surface area contributed by atoms with Crippen LogP contribution in [0.25, 0.3) is 0 Å². The molecule has 0 aromatic heterocycles. The fourth-order valence-electron chi connectivity index (χ4n) is 2.66. The smallest absolute Gasteiger partial charge is 0.221 e. The van der Waals surface area contributed by atoms with Crippen molar-refractivity contribution in [2.45, 2.75) is 19.0 Å². The van der Waals surface area contributed by atoms with Crippen LogP contribution in [0.3, 0.4) is 0 Å². The normalized spacial score (nSPS) is 20.4. The molecule has 1 aliphatic heterocycles. The Kier molecular flexibility index (Phi) is 6.06. The van der Waals surface area contributed by atoms with E-state index in [4.69, 9.17) is 9.47 Å². The van der Waals surface area contributed by atoms with Gasteiger partial charge in [-0.1, -0.05) is 0 Å². The predicted molar refractivity (Wildman–Crippen MR) is 91.1 cm³/mol. The predicted octanol–water partition coefficient (Wildman–Crippen LogP) is 0.439. The number of methoxy groups -OCH3 is 2. The Morgan fingerprint density at radius 3 is 2.75 bits per heavy atom. The number of carbonyl (C=O) groups excluding carboxylic acids is 1. The number of nitrogens with zero attached hydrogens (tertiary/aromatic N) is 1. The lowest BCUT2D eigenvalue weighted by Gasteiger charge is -2.31. The van der Waals surface area contributed by atoms with E-state index in [-0.39, 0.29) is 29.9 Å². The van der Waals surface area contributed by atoms with Gasteiger partial charge in [0.15, 0.2) is 9.84 Å². The van der Waals surface area contributed by atoms with E-state index in [2.05, 4.69) is 5.32 Å². The van der Waals surface area contributed by atoms with Crippen LogP contribution in [0.1, 0.15) is 12.0 Å². The highest BCUT2D eigenvalue weighted by atomic mass is 32.2. The van der Waals surface area contributed by atoms with Crippen molar-refractivity contribution >= 4 is 15.7 Å². The molecule has 24 heavy (non-hydrogen) atoms. The lowest BCUT2D eigenvalue weighted by Crippen LogP contribution is -2.48. The SMILES string of the molecule is COc1ccc(CNC(=O)CC2CS(=O)(=O)CCN2C)c(OC)c1. The summed E-state index contributed by atoms with van der Waals surface area (Å²) in [4.78, 5) is 14.1. The second-order valence-electron chi connectivity index (χ2n) is 5.91. The van der Waals surface area contributed by atoms with Gasteiger partial charge in [-0.2, -0.15) is 0 Å². The molecule has 8 heteroatoms. The Labute approximate surface area is 142 Å². The van der Waals surface area contributed by atoms with Crippen LogP contribution in [0.5, 0.6) is 11.5 Å². The monoisotopic (exact) mass is 356 g/mol. The van der Waals surface area contributed by atoms with Crippen molar-refractivity contribution in [2.75, 3.05) is 39.3 Å². The van der Waals surface area contributed by atoms with Gasteiger partial charge in [-0.25, -0.2) is 8.42 Å². The molecule has 1 saturated heterocycles. The van der Waals surface area contributed by atoms with Gasteiger partial charge in [0.2, 0.25) is 5.91 Å². The Bertz CT molecular complexity index is 690. The van der Waals surface area contributed by atoms with E-state index in [1.165, 1.54) is 0 Å². The molecule has 1 heterocycles. The number of rotatable bonds is 6. The highest BCUT2D eigenvalue weighted by Crippen LogP contribution is 2.24. The number of benzene rings is 1. The minimum Gasteiger partial charge on any atom is -0.497 e. The third-order valence-electron chi connectivity index (χ3n) is 4.22. The van der Waals surface area contributed by atoms with Crippen LogP contribution >= 0.6 is 0 Å². The molecule has 1 fully saturated rings. The fraction of sp³-hybridized carbons (Fsp3) is 0.562. The van der Waals surface area contributed by atoms with E-state index in [0.29, 0.717) is 24.6 Å². The zero-order chi connectivity index (χ0) is 17.7. The zero-order valence-electron chi connectivity index (χ0n) is 14.2. The topological polar surface area (TPSA) is 84.9 Å². The summed E-state index contributed by atoms with van der Waals surface area (Å²) in [5.74, 6) is 1.32. The van der Waals surface area contributed by atoms with E-state index in [1.54, 1.807) is 26.4 Å². The highest BCUT2D eigenvalue weighted by Gasteiger charge is 2.30. The lowest BCUT2D eigenvalue weighted by atomic mass is 10.1. The molecule has 1 N–H and O–H groups in total. The van der Waals surface area contributed by atoms with E-state index >= 15 is 0 Å². The first-order chi connectivity index (χ1) is 11.3. The first-order valence-electron chi connectivity index (χ1n) is 7.73. The van der Waals surface area contributed by atoms with Gasteiger partial charge >= 0.3 is 0 Å². The second-order valence-corrected chi connectivity index (χ2v) is 8.14. The van der Waals surface area contributed by atoms with Crippen LogP contribution in [0, 0.1) is 0 Å². The minimum absolute atomic E-state index is 0.0305. The first-order valence-corrected chi connectivity index (χ1v) is 9.55. The van der Waals surface area contributed by atoms with Gasteiger partial charge in [0.05, 0.1) is 25.7 Å². The molecule has 1 aromatic rings. The lowest BCUT2D eigenvalue weighted by molar-refractivity contribution is -0.122. The van der Waals surface area contributed by atoms with Crippen molar-refractivity contribution in [3.8, 4) is 11.5 Å². The largest absolute Gasteiger partial charge is 0.497 e. The zero-order valence-corrected chi connectivity index (χ0v) is 15.1. The molecule has 0 radical (unpaired) electrons. The molecule has 134 valence electrons.